The third-order valence-electron chi connectivity index (χ3n) is 4.20. The summed E-state index contributed by atoms with van der Waals surface area (Å²) in [5, 5.41) is 0. The Balaban J connectivity index is 2.02. The monoisotopic (exact) mass is 290 g/mol. The van der Waals surface area contributed by atoms with Gasteiger partial charge in [-0.1, -0.05) is 19.1 Å². The molecule has 1 aliphatic rings. The zero-order valence-electron chi connectivity index (χ0n) is 13.4. The molecule has 4 nitrogen and oxygen atoms in total. The zero-order chi connectivity index (χ0) is 15.7. The fourth-order valence-corrected chi connectivity index (χ4v) is 1.97. The van der Waals surface area contributed by atoms with Crippen molar-refractivity contribution in [3.8, 4) is 5.75 Å². The summed E-state index contributed by atoms with van der Waals surface area (Å²) in [6.45, 7) is 10.1. The quantitative estimate of drug-likeness (QED) is 0.781. The number of ether oxygens (including phenoxy) is 1. The Bertz CT molecular complexity index is 492. The molecule has 1 heterocycles. The van der Waals surface area contributed by atoms with E-state index in [1.807, 2.05) is 58.9 Å². The minimum atomic E-state index is -0.374. The molecule has 0 unspecified atom stereocenters. The van der Waals surface area contributed by atoms with E-state index in [0.29, 0.717) is 12.2 Å². The molecule has 0 atom stereocenters. The van der Waals surface area contributed by atoms with E-state index in [9.17, 15) is 4.79 Å². The Morgan fingerprint density at radius 3 is 2.10 bits per heavy atom. The van der Waals surface area contributed by atoms with Crippen LogP contribution in [0, 0.1) is 0 Å². The molecule has 0 aliphatic carbocycles. The molecule has 0 spiro atoms. The molecule has 21 heavy (non-hydrogen) atoms. The Morgan fingerprint density at radius 1 is 1.10 bits per heavy atom. The fourth-order valence-electron chi connectivity index (χ4n) is 1.97. The molecule has 0 bridgehead atoms. The number of benzene rings is 1. The minimum Gasteiger partial charge on any atom is -0.486 e. The van der Waals surface area contributed by atoms with Gasteiger partial charge in [0, 0.05) is 6.42 Å². The lowest BCUT2D eigenvalue weighted by Crippen LogP contribution is -2.41. The molecule has 1 aromatic rings. The normalized spacial score (nSPS) is 19.6. The second kappa shape index (κ2) is 5.81. The first-order valence-corrected chi connectivity index (χ1v) is 7.35. The topological polar surface area (TPSA) is 44.8 Å². The van der Waals surface area contributed by atoms with E-state index in [0.717, 1.165) is 5.46 Å². The molecule has 114 valence electrons. The number of hydrogen-bond acceptors (Lipinski definition) is 4. The first-order chi connectivity index (χ1) is 9.75. The maximum absolute atomic E-state index is 11.2. The van der Waals surface area contributed by atoms with Gasteiger partial charge in [-0.05, 0) is 45.3 Å². The smallest absolute Gasteiger partial charge is 0.486 e. The lowest BCUT2D eigenvalue weighted by molar-refractivity contribution is -0.120. The number of carbonyl (C=O) groups is 1. The third-order valence-corrected chi connectivity index (χ3v) is 4.20. The van der Waals surface area contributed by atoms with Gasteiger partial charge in [-0.25, -0.2) is 0 Å². The second-order valence-electron chi connectivity index (χ2n) is 6.34. The van der Waals surface area contributed by atoms with Gasteiger partial charge in [0.2, 0.25) is 0 Å². The lowest BCUT2D eigenvalue weighted by atomic mass is 9.79. The van der Waals surface area contributed by atoms with Crippen LogP contribution in [-0.4, -0.2) is 30.7 Å². The summed E-state index contributed by atoms with van der Waals surface area (Å²) in [4.78, 5) is 11.2. The number of carbonyl (C=O) groups excluding carboxylic acids is 1. The standard InChI is InChI=1S/C16H23BO4/c1-6-13(18)11-19-14-9-7-12(8-10-14)17-20-15(2,3)16(4,5)21-17/h7-10H,6,11H2,1-5H3. The number of hydrogen-bond donors (Lipinski definition) is 0. The van der Waals surface area contributed by atoms with Crippen molar-refractivity contribution in [2.75, 3.05) is 6.61 Å². The van der Waals surface area contributed by atoms with Crippen LogP contribution in [0.3, 0.4) is 0 Å². The van der Waals surface area contributed by atoms with Crippen molar-refractivity contribution in [3.63, 3.8) is 0 Å². The molecule has 1 saturated heterocycles. The summed E-state index contributed by atoms with van der Waals surface area (Å²) >= 11 is 0. The van der Waals surface area contributed by atoms with Crippen LogP contribution in [0.25, 0.3) is 0 Å². The van der Waals surface area contributed by atoms with Crippen molar-refractivity contribution < 1.29 is 18.8 Å². The third kappa shape index (κ3) is 3.47. The van der Waals surface area contributed by atoms with E-state index in [4.69, 9.17) is 14.0 Å². The van der Waals surface area contributed by atoms with Crippen molar-refractivity contribution in [1.82, 2.24) is 0 Å². The van der Waals surface area contributed by atoms with E-state index in [1.54, 1.807) is 0 Å². The number of ketones is 1. The van der Waals surface area contributed by atoms with Gasteiger partial charge in [0.15, 0.2) is 5.78 Å². The molecular formula is C16H23BO4. The predicted octanol–water partition coefficient (Wildman–Crippen LogP) is 2.34. The molecule has 0 radical (unpaired) electrons. The van der Waals surface area contributed by atoms with Gasteiger partial charge in [-0.3, -0.25) is 4.79 Å². The van der Waals surface area contributed by atoms with Crippen LogP contribution in [0.4, 0.5) is 0 Å². The van der Waals surface area contributed by atoms with Crippen molar-refractivity contribution in [3.05, 3.63) is 24.3 Å². The largest absolute Gasteiger partial charge is 0.494 e. The van der Waals surface area contributed by atoms with Crippen LogP contribution in [-0.2, 0) is 14.1 Å². The van der Waals surface area contributed by atoms with Crippen LogP contribution in [0.1, 0.15) is 41.0 Å². The van der Waals surface area contributed by atoms with Gasteiger partial charge in [0.25, 0.3) is 0 Å². The molecule has 0 aromatic heterocycles. The molecular weight excluding hydrogens is 267 g/mol. The van der Waals surface area contributed by atoms with E-state index in [1.165, 1.54) is 0 Å². The molecule has 1 aromatic carbocycles. The van der Waals surface area contributed by atoms with Gasteiger partial charge >= 0.3 is 7.12 Å². The average molecular weight is 290 g/mol. The summed E-state index contributed by atoms with van der Waals surface area (Å²) in [5.41, 5.74) is 0.253. The summed E-state index contributed by atoms with van der Waals surface area (Å²) in [7, 11) is -0.374. The first-order valence-electron chi connectivity index (χ1n) is 7.35. The van der Waals surface area contributed by atoms with E-state index >= 15 is 0 Å². The van der Waals surface area contributed by atoms with Gasteiger partial charge in [0.1, 0.15) is 12.4 Å². The first kappa shape index (κ1) is 16.1. The molecule has 0 saturated carbocycles. The Morgan fingerprint density at radius 2 is 1.62 bits per heavy atom. The van der Waals surface area contributed by atoms with E-state index in [-0.39, 0.29) is 30.7 Å². The van der Waals surface area contributed by atoms with Crippen molar-refractivity contribution in [2.24, 2.45) is 0 Å². The molecule has 2 rings (SSSR count). The van der Waals surface area contributed by atoms with Gasteiger partial charge in [0.05, 0.1) is 11.2 Å². The Hall–Kier alpha value is -1.33. The average Bonchev–Trinajstić information content (AvgIpc) is 2.65. The highest BCUT2D eigenvalue weighted by atomic mass is 16.7. The van der Waals surface area contributed by atoms with E-state index < -0.39 is 0 Å². The molecule has 0 N–H and O–H groups in total. The molecule has 0 amide bonds. The van der Waals surface area contributed by atoms with E-state index in [2.05, 4.69) is 0 Å². The Kier molecular flexibility index (Phi) is 4.44. The van der Waals surface area contributed by atoms with Crippen LogP contribution in [0.5, 0.6) is 5.75 Å². The van der Waals surface area contributed by atoms with Crippen molar-refractivity contribution in [1.29, 1.82) is 0 Å². The maximum atomic E-state index is 11.2. The van der Waals surface area contributed by atoms with Crippen molar-refractivity contribution >= 4 is 18.4 Å². The fraction of sp³-hybridized carbons (Fsp3) is 0.562. The summed E-state index contributed by atoms with van der Waals surface area (Å²) in [6, 6.07) is 7.49. The summed E-state index contributed by atoms with van der Waals surface area (Å²) in [5.74, 6) is 0.766. The second-order valence-corrected chi connectivity index (χ2v) is 6.34. The molecule has 1 aliphatic heterocycles. The lowest BCUT2D eigenvalue weighted by Gasteiger charge is -2.32. The van der Waals surface area contributed by atoms with Gasteiger partial charge in [-0.15, -0.1) is 0 Å². The van der Waals surface area contributed by atoms with Crippen LogP contribution >= 0.6 is 0 Å². The highest BCUT2D eigenvalue weighted by Gasteiger charge is 2.51. The summed E-state index contributed by atoms with van der Waals surface area (Å²) in [6.07, 6.45) is 0.492. The highest BCUT2D eigenvalue weighted by Crippen LogP contribution is 2.36. The van der Waals surface area contributed by atoms with Crippen LogP contribution < -0.4 is 10.2 Å². The van der Waals surface area contributed by atoms with Crippen LogP contribution in [0.2, 0.25) is 0 Å². The molecule has 1 fully saturated rings. The number of Topliss-reactive ketones (excluding diaryl/α,β-unsaturated/α-hetero) is 1. The molecule has 5 heteroatoms. The predicted molar refractivity (Wildman–Crippen MR) is 83.0 cm³/mol. The highest BCUT2D eigenvalue weighted by molar-refractivity contribution is 6.62. The summed E-state index contributed by atoms with van der Waals surface area (Å²) < 4.78 is 17.4. The van der Waals surface area contributed by atoms with Crippen molar-refractivity contribution in [2.45, 2.75) is 52.2 Å². The number of rotatable bonds is 5. The zero-order valence-corrected chi connectivity index (χ0v) is 13.4. The maximum Gasteiger partial charge on any atom is 0.494 e. The van der Waals surface area contributed by atoms with Gasteiger partial charge in [-0.2, -0.15) is 0 Å². The minimum absolute atomic E-state index is 0.0880. The SMILES string of the molecule is CCC(=O)COc1ccc(B2OC(C)(C)C(C)(C)O2)cc1. The van der Waals surface area contributed by atoms with Gasteiger partial charge < -0.3 is 14.0 Å². The Labute approximate surface area is 126 Å². The van der Waals surface area contributed by atoms with Crippen LogP contribution in [0.15, 0.2) is 24.3 Å².